The van der Waals surface area contributed by atoms with Crippen LogP contribution in [0.25, 0.3) is 20.7 Å². The quantitative estimate of drug-likeness (QED) is 0.500. The van der Waals surface area contributed by atoms with Crippen LogP contribution in [0.5, 0.6) is 5.75 Å². The monoisotopic (exact) mass is 397 g/mol. The maximum atomic E-state index is 12.7. The number of nitrogens with one attached hydrogen (secondary N) is 2. The zero-order chi connectivity index (χ0) is 18.8. The number of benzene rings is 1. The number of methoxy groups -OCH3 is 1. The van der Waals surface area contributed by atoms with Crippen LogP contribution in [0.3, 0.4) is 0 Å². The van der Waals surface area contributed by atoms with Crippen LogP contribution in [0.4, 0.5) is 0 Å². The van der Waals surface area contributed by atoms with Crippen molar-refractivity contribution in [1.29, 1.82) is 0 Å². The number of aromatic amines is 1. The van der Waals surface area contributed by atoms with E-state index >= 15 is 0 Å². The van der Waals surface area contributed by atoms with Gasteiger partial charge in [-0.25, -0.2) is 4.98 Å². The molecule has 0 radical (unpaired) electrons. The summed E-state index contributed by atoms with van der Waals surface area (Å²) in [6, 6.07) is 11.9. The molecule has 0 spiro atoms. The van der Waals surface area contributed by atoms with Gasteiger partial charge >= 0.3 is 0 Å². The molecule has 1 atom stereocenters. The Kier molecular flexibility index (Phi) is 5.07. The molecular weight excluding hydrogens is 378 g/mol. The average Bonchev–Trinajstić information content (AvgIpc) is 3.36. The molecule has 4 rings (SSSR count). The van der Waals surface area contributed by atoms with E-state index in [4.69, 9.17) is 9.72 Å². The van der Waals surface area contributed by atoms with E-state index in [2.05, 4.69) is 10.3 Å². The molecule has 0 saturated heterocycles. The van der Waals surface area contributed by atoms with Crippen LogP contribution in [0, 0.1) is 0 Å². The fourth-order valence-corrected chi connectivity index (χ4v) is 4.66. The number of aromatic nitrogens is 2. The third-order valence-corrected chi connectivity index (χ3v) is 6.21. The summed E-state index contributed by atoms with van der Waals surface area (Å²) in [7, 11) is 1.65. The number of fused-ring (bicyclic) bond motifs is 1. The Balaban J connectivity index is 1.55. The number of hydrogen-bond donors (Lipinski definition) is 2. The zero-order valence-corrected chi connectivity index (χ0v) is 16.6. The molecule has 0 saturated carbocycles. The molecule has 0 aliphatic rings. The first-order valence-corrected chi connectivity index (χ1v) is 10.3. The van der Waals surface area contributed by atoms with Crippen molar-refractivity contribution >= 4 is 32.9 Å². The Hall–Kier alpha value is -2.48. The number of ether oxygens (including phenoxy) is 1. The molecule has 7 heteroatoms. The van der Waals surface area contributed by atoms with E-state index in [-0.39, 0.29) is 11.6 Å². The van der Waals surface area contributed by atoms with E-state index < -0.39 is 0 Å². The Morgan fingerprint density at radius 1 is 1.22 bits per heavy atom. The molecule has 2 N–H and O–H groups in total. The van der Waals surface area contributed by atoms with Crippen molar-refractivity contribution in [2.75, 3.05) is 7.11 Å². The molecule has 27 heavy (non-hydrogen) atoms. The number of H-pyrrole nitrogens is 1. The highest BCUT2D eigenvalue weighted by Gasteiger charge is 2.16. The Labute approximate surface area is 164 Å². The number of thiophene rings is 2. The van der Waals surface area contributed by atoms with Gasteiger partial charge in [0.1, 0.15) is 16.4 Å². The maximum Gasteiger partial charge on any atom is 0.260 e. The average molecular weight is 398 g/mol. The van der Waals surface area contributed by atoms with Gasteiger partial charge in [0, 0.05) is 22.4 Å². The van der Waals surface area contributed by atoms with Gasteiger partial charge in [-0.2, -0.15) is 0 Å². The minimum absolute atomic E-state index is 0.0727. The van der Waals surface area contributed by atoms with Crippen LogP contribution >= 0.6 is 22.7 Å². The summed E-state index contributed by atoms with van der Waals surface area (Å²) in [6.07, 6.45) is 0. The van der Waals surface area contributed by atoms with Crippen molar-refractivity contribution in [3.63, 3.8) is 0 Å². The highest BCUT2D eigenvalue weighted by atomic mass is 32.1. The zero-order valence-electron chi connectivity index (χ0n) is 15.0. The number of hydrogen-bond acceptors (Lipinski definition) is 6. The summed E-state index contributed by atoms with van der Waals surface area (Å²) >= 11 is 3.14. The highest BCUT2D eigenvalue weighted by molar-refractivity contribution is 7.18. The summed E-state index contributed by atoms with van der Waals surface area (Å²) in [6.45, 7) is 2.68. The molecule has 3 heterocycles. The van der Waals surface area contributed by atoms with Gasteiger partial charge in [0.2, 0.25) is 0 Å². The second-order valence-corrected chi connectivity index (χ2v) is 8.01. The van der Waals surface area contributed by atoms with E-state index in [0.717, 1.165) is 26.6 Å². The molecule has 0 aliphatic carbocycles. The summed E-state index contributed by atoms with van der Waals surface area (Å²) in [5.41, 5.74) is 2.02. The number of rotatable bonds is 6. The van der Waals surface area contributed by atoms with Crippen LogP contribution in [0.2, 0.25) is 0 Å². The summed E-state index contributed by atoms with van der Waals surface area (Å²) < 4.78 is 5.18. The minimum Gasteiger partial charge on any atom is -0.497 e. The molecule has 3 aromatic heterocycles. The SMILES string of the molecule is COc1ccc(CN[C@@H](C)c2nc3scc(-c4cccs4)c3c(=O)[nH]2)cc1. The third kappa shape index (κ3) is 3.66. The lowest BCUT2D eigenvalue weighted by atomic mass is 10.2. The van der Waals surface area contributed by atoms with Gasteiger partial charge in [-0.1, -0.05) is 18.2 Å². The largest absolute Gasteiger partial charge is 0.497 e. The second kappa shape index (κ2) is 7.64. The van der Waals surface area contributed by atoms with Crippen molar-refractivity contribution < 1.29 is 4.74 Å². The molecule has 5 nitrogen and oxygen atoms in total. The van der Waals surface area contributed by atoms with Gasteiger partial charge in [-0.05, 0) is 36.1 Å². The second-order valence-electron chi connectivity index (χ2n) is 6.21. The summed E-state index contributed by atoms with van der Waals surface area (Å²) in [4.78, 5) is 22.2. The molecule has 0 aliphatic heterocycles. The van der Waals surface area contributed by atoms with Gasteiger partial charge < -0.3 is 15.0 Å². The predicted octanol–water partition coefficient (Wildman–Crippen LogP) is 4.57. The third-order valence-electron chi connectivity index (χ3n) is 4.43. The Bertz CT molecular complexity index is 1100. The summed E-state index contributed by atoms with van der Waals surface area (Å²) in [5, 5.41) is 8.11. The van der Waals surface area contributed by atoms with Crippen LogP contribution in [0.15, 0.2) is 52.0 Å². The van der Waals surface area contributed by atoms with Gasteiger partial charge in [0.25, 0.3) is 5.56 Å². The van der Waals surface area contributed by atoms with Crippen molar-refractivity contribution in [1.82, 2.24) is 15.3 Å². The minimum atomic E-state index is -0.0854. The Morgan fingerprint density at radius 3 is 2.74 bits per heavy atom. The van der Waals surface area contributed by atoms with Crippen molar-refractivity contribution in [3.8, 4) is 16.2 Å². The van der Waals surface area contributed by atoms with Crippen molar-refractivity contribution in [3.05, 3.63) is 68.9 Å². The first-order chi connectivity index (χ1) is 13.2. The fourth-order valence-electron chi connectivity index (χ4n) is 2.89. The lowest BCUT2D eigenvalue weighted by Crippen LogP contribution is -2.23. The first kappa shape index (κ1) is 17.9. The molecule has 4 aromatic rings. The first-order valence-electron chi connectivity index (χ1n) is 8.57. The standard InChI is InChI=1S/C20H19N3O2S2/c1-12(21-10-13-5-7-14(25-2)8-6-13)18-22-19(24)17-15(11-27-20(17)23-18)16-4-3-9-26-16/h3-9,11-12,21H,10H2,1-2H3,(H,22,23,24)/t12-/m0/s1. The lowest BCUT2D eigenvalue weighted by molar-refractivity contribution is 0.414. The van der Waals surface area contributed by atoms with Crippen LogP contribution in [-0.4, -0.2) is 17.1 Å². The predicted molar refractivity (Wildman–Crippen MR) is 112 cm³/mol. The smallest absolute Gasteiger partial charge is 0.260 e. The molecule has 0 fully saturated rings. The van der Waals surface area contributed by atoms with Crippen LogP contribution in [0.1, 0.15) is 24.4 Å². The van der Waals surface area contributed by atoms with E-state index in [0.29, 0.717) is 17.8 Å². The van der Waals surface area contributed by atoms with Crippen molar-refractivity contribution in [2.24, 2.45) is 0 Å². The molecule has 138 valence electrons. The van der Waals surface area contributed by atoms with Gasteiger partial charge in [-0.3, -0.25) is 4.79 Å². The van der Waals surface area contributed by atoms with Gasteiger partial charge in [0.15, 0.2) is 0 Å². The lowest BCUT2D eigenvalue weighted by Gasteiger charge is -2.13. The summed E-state index contributed by atoms with van der Waals surface area (Å²) in [5.74, 6) is 1.49. The molecular formula is C20H19N3O2S2. The maximum absolute atomic E-state index is 12.7. The van der Waals surface area contributed by atoms with Crippen LogP contribution < -0.4 is 15.6 Å². The van der Waals surface area contributed by atoms with Crippen molar-refractivity contribution in [2.45, 2.75) is 19.5 Å². The molecule has 1 aromatic carbocycles. The molecule has 0 amide bonds. The highest BCUT2D eigenvalue weighted by Crippen LogP contribution is 2.33. The topological polar surface area (TPSA) is 67.0 Å². The van der Waals surface area contributed by atoms with Gasteiger partial charge in [-0.15, -0.1) is 22.7 Å². The normalized spacial score (nSPS) is 12.4. The molecule has 0 unspecified atom stereocenters. The van der Waals surface area contributed by atoms with E-state index in [1.165, 1.54) is 11.3 Å². The fraction of sp³-hybridized carbons (Fsp3) is 0.200. The number of nitrogens with zero attached hydrogens (tertiary/aromatic N) is 1. The molecule has 0 bridgehead atoms. The van der Waals surface area contributed by atoms with Gasteiger partial charge in [0.05, 0.1) is 18.5 Å². The van der Waals surface area contributed by atoms with Crippen LogP contribution in [-0.2, 0) is 6.54 Å². The van der Waals surface area contributed by atoms with E-state index in [1.54, 1.807) is 18.4 Å². The van der Waals surface area contributed by atoms with E-state index in [9.17, 15) is 4.79 Å². The Morgan fingerprint density at radius 2 is 2.04 bits per heavy atom. The van der Waals surface area contributed by atoms with E-state index in [1.807, 2.05) is 54.1 Å².